The number of nitrogens with one attached hydrogen (secondary N) is 1. The fourth-order valence-corrected chi connectivity index (χ4v) is 2.88. The maximum absolute atomic E-state index is 5.28. The van der Waals surface area contributed by atoms with Crippen LogP contribution in [0.1, 0.15) is 37.3 Å². The van der Waals surface area contributed by atoms with Gasteiger partial charge in [0.15, 0.2) is 0 Å². The number of aromatic amines is 1. The number of anilines is 1. The minimum absolute atomic E-state index is 0.609. The molecular weight excluding hydrogens is 286 g/mol. The average molecular weight is 302 g/mol. The summed E-state index contributed by atoms with van der Waals surface area (Å²) < 4.78 is 1.63. The van der Waals surface area contributed by atoms with Crippen molar-refractivity contribution >= 4 is 34.1 Å². The van der Waals surface area contributed by atoms with Gasteiger partial charge in [-0.25, -0.2) is 4.98 Å². The van der Waals surface area contributed by atoms with Gasteiger partial charge in [0, 0.05) is 25.7 Å². The zero-order valence-corrected chi connectivity index (χ0v) is 12.0. The first-order valence-electron chi connectivity index (χ1n) is 5.56. The molecule has 1 aliphatic carbocycles. The predicted molar refractivity (Wildman–Crippen MR) is 72.7 cm³/mol. The fourth-order valence-electron chi connectivity index (χ4n) is 2.17. The summed E-state index contributed by atoms with van der Waals surface area (Å²) in [6.45, 7) is 0. The van der Waals surface area contributed by atoms with E-state index in [-0.39, 0.29) is 0 Å². The van der Waals surface area contributed by atoms with Crippen molar-refractivity contribution in [2.75, 3.05) is 19.0 Å². The Morgan fingerprint density at radius 3 is 2.56 bits per heavy atom. The number of hydrogen-bond acceptors (Lipinski definition) is 3. The molecule has 0 aliphatic heterocycles. The number of halogens is 1. The van der Waals surface area contributed by atoms with Crippen LogP contribution in [0.25, 0.3) is 0 Å². The molecule has 0 unspecified atom stereocenters. The lowest BCUT2D eigenvalue weighted by atomic mass is 10.0. The lowest BCUT2D eigenvalue weighted by Crippen LogP contribution is -2.15. The Kier molecular flexibility index (Phi) is 3.64. The molecule has 5 heteroatoms. The molecule has 1 saturated carbocycles. The Hall–Kier alpha value is -0.420. The van der Waals surface area contributed by atoms with Crippen LogP contribution in [-0.2, 0) is 0 Å². The number of rotatable bonds is 2. The first-order valence-corrected chi connectivity index (χ1v) is 6.76. The molecule has 0 radical (unpaired) electrons. The molecular formula is C11H16BrN3S. The van der Waals surface area contributed by atoms with E-state index in [4.69, 9.17) is 12.2 Å². The maximum atomic E-state index is 5.28. The molecule has 0 bridgehead atoms. The van der Waals surface area contributed by atoms with Crippen molar-refractivity contribution in [2.24, 2.45) is 0 Å². The maximum Gasteiger partial charge on any atom is 0.203 e. The number of aromatic nitrogens is 2. The summed E-state index contributed by atoms with van der Waals surface area (Å²) in [6, 6.07) is 0. The molecule has 1 aliphatic rings. The quantitative estimate of drug-likeness (QED) is 0.847. The predicted octanol–water partition coefficient (Wildman–Crippen LogP) is 3.63. The second-order valence-electron chi connectivity index (χ2n) is 4.47. The Morgan fingerprint density at radius 2 is 2.00 bits per heavy atom. The van der Waals surface area contributed by atoms with Crippen LogP contribution < -0.4 is 4.90 Å². The third-order valence-corrected chi connectivity index (χ3v) is 4.43. The molecule has 3 nitrogen and oxygen atoms in total. The summed E-state index contributed by atoms with van der Waals surface area (Å²) in [7, 11) is 3.94. The standard InChI is InChI=1S/C11H16BrN3S/c1-15(2)11-13-9(7-5-3-4-6-7)8(12)10(16)14-11/h7H,3-6H2,1-2H3,(H,13,14,16). The molecule has 1 aromatic heterocycles. The van der Waals surface area contributed by atoms with Crippen molar-refractivity contribution in [3.05, 3.63) is 14.8 Å². The molecule has 1 aromatic rings. The topological polar surface area (TPSA) is 31.9 Å². The molecule has 1 heterocycles. The molecule has 1 N–H and O–H groups in total. The van der Waals surface area contributed by atoms with Gasteiger partial charge in [-0.3, -0.25) is 0 Å². The fraction of sp³-hybridized carbons (Fsp3) is 0.636. The monoisotopic (exact) mass is 301 g/mol. The largest absolute Gasteiger partial charge is 0.349 e. The second kappa shape index (κ2) is 4.84. The third-order valence-electron chi connectivity index (χ3n) is 3.07. The van der Waals surface area contributed by atoms with Gasteiger partial charge in [0.1, 0.15) is 4.64 Å². The van der Waals surface area contributed by atoms with Crippen LogP contribution in [-0.4, -0.2) is 24.1 Å². The lowest BCUT2D eigenvalue weighted by Gasteiger charge is -2.17. The SMILES string of the molecule is CN(C)c1nc(=S)c(Br)c(C2CCCC2)[nH]1. The summed E-state index contributed by atoms with van der Waals surface area (Å²) >= 11 is 8.84. The minimum Gasteiger partial charge on any atom is -0.349 e. The first kappa shape index (κ1) is 12.0. The van der Waals surface area contributed by atoms with E-state index in [1.54, 1.807) is 0 Å². The van der Waals surface area contributed by atoms with Gasteiger partial charge < -0.3 is 9.88 Å². The van der Waals surface area contributed by atoms with E-state index in [9.17, 15) is 0 Å². The molecule has 0 spiro atoms. The molecule has 88 valence electrons. The molecule has 0 aromatic carbocycles. The van der Waals surface area contributed by atoms with Gasteiger partial charge in [-0.2, -0.15) is 0 Å². The van der Waals surface area contributed by atoms with E-state index < -0.39 is 0 Å². The van der Waals surface area contributed by atoms with E-state index in [0.717, 1.165) is 10.4 Å². The van der Waals surface area contributed by atoms with E-state index >= 15 is 0 Å². The Labute approximate surface area is 109 Å². The van der Waals surface area contributed by atoms with Gasteiger partial charge in [-0.15, -0.1) is 0 Å². The van der Waals surface area contributed by atoms with Crippen molar-refractivity contribution in [3.63, 3.8) is 0 Å². The van der Waals surface area contributed by atoms with E-state index in [1.165, 1.54) is 31.4 Å². The van der Waals surface area contributed by atoms with Crippen LogP contribution in [0.5, 0.6) is 0 Å². The van der Waals surface area contributed by atoms with Crippen LogP contribution in [0, 0.1) is 4.64 Å². The molecule has 0 atom stereocenters. The van der Waals surface area contributed by atoms with Gasteiger partial charge in [0.2, 0.25) is 5.95 Å². The summed E-state index contributed by atoms with van der Waals surface area (Å²) in [4.78, 5) is 9.70. The number of hydrogen-bond donors (Lipinski definition) is 1. The van der Waals surface area contributed by atoms with Gasteiger partial charge in [0.05, 0.1) is 4.47 Å². The highest BCUT2D eigenvalue weighted by Crippen LogP contribution is 2.37. The average Bonchev–Trinajstić information content (AvgIpc) is 2.74. The highest BCUT2D eigenvalue weighted by molar-refractivity contribution is 9.10. The van der Waals surface area contributed by atoms with Crippen LogP contribution >= 0.6 is 28.1 Å². The Balaban J connectivity index is 2.46. The Morgan fingerprint density at radius 1 is 1.38 bits per heavy atom. The molecule has 2 rings (SSSR count). The van der Waals surface area contributed by atoms with E-state index in [2.05, 4.69) is 25.9 Å². The molecule has 1 fully saturated rings. The van der Waals surface area contributed by atoms with Crippen LogP contribution in [0.4, 0.5) is 5.95 Å². The molecule has 0 amide bonds. The van der Waals surface area contributed by atoms with Crippen molar-refractivity contribution in [2.45, 2.75) is 31.6 Å². The van der Waals surface area contributed by atoms with E-state index in [1.807, 2.05) is 19.0 Å². The number of nitrogens with zero attached hydrogens (tertiary/aromatic N) is 2. The van der Waals surface area contributed by atoms with Crippen LogP contribution in [0.15, 0.2) is 4.47 Å². The zero-order valence-electron chi connectivity index (χ0n) is 9.59. The third kappa shape index (κ3) is 2.30. The van der Waals surface area contributed by atoms with Crippen molar-refractivity contribution in [1.82, 2.24) is 9.97 Å². The minimum atomic E-state index is 0.609. The normalized spacial score (nSPS) is 16.7. The second-order valence-corrected chi connectivity index (χ2v) is 5.65. The van der Waals surface area contributed by atoms with Gasteiger partial charge in [-0.1, -0.05) is 25.1 Å². The van der Waals surface area contributed by atoms with Crippen molar-refractivity contribution < 1.29 is 0 Å². The van der Waals surface area contributed by atoms with Gasteiger partial charge in [0.25, 0.3) is 0 Å². The van der Waals surface area contributed by atoms with Crippen LogP contribution in [0.3, 0.4) is 0 Å². The zero-order chi connectivity index (χ0) is 11.7. The summed E-state index contributed by atoms with van der Waals surface area (Å²) in [5, 5.41) is 0. The van der Waals surface area contributed by atoms with Crippen molar-refractivity contribution in [3.8, 4) is 0 Å². The van der Waals surface area contributed by atoms with Crippen LogP contribution in [0.2, 0.25) is 0 Å². The first-order chi connectivity index (χ1) is 7.59. The van der Waals surface area contributed by atoms with Crippen molar-refractivity contribution in [1.29, 1.82) is 0 Å². The van der Waals surface area contributed by atoms with Gasteiger partial charge >= 0.3 is 0 Å². The molecule has 16 heavy (non-hydrogen) atoms. The highest BCUT2D eigenvalue weighted by Gasteiger charge is 2.21. The van der Waals surface area contributed by atoms with E-state index in [0.29, 0.717) is 10.6 Å². The highest BCUT2D eigenvalue weighted by atomic mass is 79.9. The lowest BCUT2D eigenvalue weighted by molar-refractivity contribution is 0.686. The summed E-state index contributed by atoms with van der Waals surface area (Å²) in [5.74, 6) is 1.45. The summed E-state index contributed by atoms with van der Waals surface area (Å²) in [5.41, 5.74) is 1.22. The Bertz CT molecular complexity index is 435. The summed E-state index contributed by atoms with van der Waals surface area (Å²) in [6.07, 6.45) is 5.14. The smallest absolute Gasteiger partial charge is 0.203 e. The molecule has 0 saturated heterocycles. The van der Waals surface area contributed by atoms with Gasteiger partial charge in [-0.05, 0) is 28.8 Å². The number of H-pyrrole nitrogens is 1.